The van der Waals surface area contributed by atoms with Gasteiger partial charge in [0.15, 0.2) is 5.78 Å². The predicted molar refractivity (Wildman–Crippen MR) is 173 cm³/mol. The molecule has 5 rings (SSSR count). The highest BCUT2D eigenvalue weighted by Crippen LogP contribution is 2.36. The first-order valence-electron chi connectivity index (χ1n) is 13.1. The van der Waals surface area contributed by atoms with Crippen LogP contribution in [0.25, 0.3) is 28.5 Å². The number of rotatable bonds is 9. The van der Waals surface area contributed by atoms with E-state index in [-0.39, 0.29) is 17.3 Å². The number of hydrogen-bond acceptors (Lipinski definition) is 6. The van der Waals surface area contributed by atoms with Crippen LogP contribution >= 0.6 is 34.7 Å². The van der Waals surface area contributed by atoms with Gasteiger partial charge >= 0.3 is 0 Å². The standard InChI is InChI=1S/C34H23ClFN3O2S2/c1-21(33(41)38-27-13-9-23(10-14-27)32(40)16-15-28-6-3-17-42-28)43-34-30(20-37)29(24-4-2-5-26(36)18-24)19-31(39-34)22-7-11-25(35)12-8-22/h2-19,21H,1H3,(H,38,41)/b16-15+. The van der Waals surface area contributed by atoms with Crippen molar-refractivity contribution in [1.29, 1.82) is 5.26 Å². The molecule has 0 radical (unpaired) electrons. The van der Waals surface area contributed by atoms with E-state index in [0.29, 0.717) is 38.1 Å². The van der Waals surface area contributed by atoms with Crippen LogP contribution < -0.4 is 5.32 Å². The van der Waals surface area contributed by atoms with Gasteiger partial charge in [0.25, 0.3) is 0 Å². The smallest absolute Gasteiger partial charge is 0.237 e. The molecular weight excluding hydrogens is 601 g/mol. The summed E-state index contributed by atoms with van der Waals surface area (Å²) >= 11 is 8.75. The number of amides is 1. The number of carbonyl (C=O) groups excluding carboxylic acids is 2. The number of benzene rings is 3. The average molecular weight is 624 g/mol. The zero-order valence-electron chi connectivity index (χ0n) is 22.8. The van der Waals surface area contributed by atoms with E-state index in [2.05, 4.69) is 11.4 Å². The van der Waals surface area contributed by atoms with Gasteiger partial charge in [-0.05, 0) is 90.7 Å². The van der Waals surface area contributed by atoms with Gasteiger partial charge in [-0.15, -0.1) is 11.3 Å². The van der Waals surface area contributed by atoms with E-state index in [1.165, 1.54) is 18.2 Å². The van der Waals surface area contributed by atoms with Crippen LogP contribution in [0.5, 0.6) is 0 Å². The molecule has 1 N–H and O–H groups in total. The van der Waals surface area contributed by atoms with Gasteiger partial charge in [-0.1, -0.05) is 53.7 Å². The van der Waals surface area contributed by atoms with Crippen LogP contribution in [0.2, 0.25) is 5.02 Å². The number of anilines is 1. The van der Waals surface area contributed by atoms with Gasteiger partial charge in [0, 0.05) is 32.3 Å². The molecule has 0 spiro atoms. The summed E-state index contributed by atoms with van der Waals surface area (Å²) < 4.78 is 14.2. The highest BCUT2D eigenvalue weighted by atomic mass is 35.5. The SMILES string of the molecule is CC(Sc1nc(-c2ccc(Cl)cc2)cc(-c2cccc(F)c2)c1C#N)C(=O)Nc1ccc(C(=O)/C=C/c2cccs2)cc1. The van der Waals surface area contributed by atoms with Crippen molar-refractivity contribution in [3.63, 3.8) is 0 Å². The van der Waals surface area contributed by atoms with Gasteiger partial charge in [0.1, 0.15) is 16.9 Å². The molecule has 212 valence electrons. The summed E-state index contributed by atoms with van der Waals surface area (Å²) in [6.07, 6.45) is 3.29. The van der Waals surface area contributed by atoms with Crippen molar-refractivity contribution in [1.82, 2.24) is 4.98 Å². The van der Waals surface area contributed by atoms with Crippen molar-refractivity contribution >= 4 is 58.2 Å². The lowest BCUT2D eigenvalue weighted by Crippen LogP contribution is -2.22. The maximum Gasteiger partial charge on any atom is 0.237 e. The number of aromatic nitrogens is 1. The van der Waals surface area contributed by atoms with Crippen LogP contribution in [-0.2, 0) is 4.79 Å². The van der Waals surface area contributed by atoms with Gasteiger partial charge in [-0.25, -0.2) is 9.37 Å². The highest BCUT2D eigenvalue weighted by Gasteiger charge is 2.22. The summed E-state index contributed by atoms with van der Waals surface area (Å²) in [6.45, 7) is 1.72. The molecule has 1 amide bonds. The second-order valence-corrected chi connectivity index (χ2v) is 12.1. The molecular formula is C34H23ClFN3O2S2. The Kier molecular flexibility index (Phi) is 9.48. The fraction of sp³-hybridized carbons (Fsp3) is 0.0588. The molecule has 0 saturated carbocycles. The van der Waals surface area contributed by atoms with Gasteiger partial charge in [-0.3, -0.25) is 9.59 Å². The monoisotopic (exact) mass is 623 g/mol. The molecule has 5 nitrogen and oxygen atoms in total. The molecule has 0 bridgehead atoms. The number of nitriles is 1. The number of allylic oxidation sites excluding steroid dienone is 1. The number of hydrogen-bond donors (Lipinski definition) is 1. The van der Waals surface area contributed by atoms with E-state index in [4.69, 9.17) is 16.6 Å². The Morgan fingerprint density at radius 1 is 1.02 bits per heavy atom. The lowest BCUT2D eigenvalue weighted by Gasteiger charge is -2.16. The molecule has 0 aliphatic heterocycles. The number of halogens is 2. The first-order valence-corrected chi connectivity index (χ1v) is 15.2. The number of carbonyl (C=O) groups is 2. The number of pyridine rings is 1. The summed E-state index contributed by atoms with van der Waals surface area (Å²) in [7, 11) is 0. The Hall–Kier alpha value is -4.55. The summed E-state index contributed by atoms with van der Waals surface area (Å²) in [5.41, 5.74) is 3.61. The van der Waals surface area contributed by atoms with Gasteiger partial charge < -0.3 is 5.32 Å². The van der Waals surface area contributed by atoms with Crippen LogP contribution in [0.15, 0.2) is 107 Å². The van der Waals surface area contributed by atoms with Gasteiger partial charge in [-0.2, -0.15) is 5.26 Å². The lowest BCUT2D eigenvalue weighted by molar-refractivity contribution is -0.115. The third kappa shape index (κ3) is 7.46. The highest BCUT2D eigenvalue weighted by molar-refractivity contribution is 8.00. The van der Waals surface area contributed by atoms with Crippen molar-refractivity contribution in [2.45, 2.75) is 17.2 Å². The zero-order chi connectivity index (χ0) is 30.3. The Labute approximate surface area is 261 Å². The molecule has 0 fully saturated rings. The van der Waals surface area contributed by atoms with Gasteiger partial charge in [0.05, 0.1) is 16.5 Å². The van der Waals surface area contributed by atoms with Crippen molar-refractivity contribution in [3.8, 4) is 28.5 Å². The maximum atomic E-state index is 14.2. The van der Waals surface area contributed by atoms with Gasteiger partial charge in [0.2, 0.25) is 5.91 Å². The Bertz CT molecular complexity index is 1850. The summed E-state index contributed by atoms with van der Waals surface area (Å²) in [6, 6.07) is 27.5. The maximum absolute atomic E-state index is 14.2. The first-order chi connectivity index (χ1) is 20.8. The zero-order valence-corrected chi connectivity index (χ0v) is 25.1. The molecule has 2 aromatic heterocycles. The number of thioether (sulfide) groups is 1. The van der Waals surface area contributed by atoms with E-state index < -0.39 is 11.1 Å². The minimum Gasteiger partial charge on any atom is -0.325 e. The fourth-order valence-corrected chi connectivity index (χ4v) is 5.86. The van der Waals surface area contributed by atoms with E-state index >= 15 is 0 Å². The van der Waals surface area contributed by atoms with Crippen molar-refractivity contribution < 1.29 is 14.0 Å². The van der Waals surface area contributed by atoms with Crippen molar-refractivity contribution in [2.24, 2.45) is 0 Å². The molecule has 0 aliphatic carbocycles. The van der Waals surface area contributed by atoms with E-state index in [1.54, 1.807) is 78.9 Å². The predicted octanol–water partition coefficient (Wildman–Crippen LogP) is 9.16. The third-order valence-electron chi connectivity index (χ3n) is 6.41. The Balaban J connectivity index is 1.37. The molecule has 9 heteroatoms. The minimum absolute atomic E-state index is 0.139. The number of ketones is 1. The Morgan fingerprint density at radius 3 is 2.47 bits per heavy atom. The topological polar surface area (TPSA) is 82.8 Å². The van der Waals surface area contributed by atoms with Crippen molar-refractivity contribution in [3.05, 3.63) is 129 Å². The largest absolute Gasteiger partial charge is 0.325 e. The number of nitrogens with zero attached hydrogens (tertiary/aromatic N) is 2. The molecule has 0 aliphatic rings. The second kappa shape index (κ2) is 13.6. The van der Waals surface area contributed by atoms with Crippen LogP contribution in [0.1, 0.15) is 27.7 Å². The molecule has 5 aromatic rings. The first kappa shape index (κ1) is 29.9. The van der Waals surface area contributed by atoms with E-state index in [0.717, 1.165) is 22.2 Å². The van der Waals surface area contributed by atoms with Crippen LogP contribution in [-0.4, -0.2) is 21.9 Å². The molecule has 43 heavy (non-hydrogen) atoms. The van der Waals surface area contributed by atoms with E-state index in [9.17, 15) is 19.2 Å². The van der Waals surface area contributed by atoms with Crippen LogP contribution in [0.4, 0.5) is 10.1 Å². The number of nitrogens with one attached hydrogen (secondary N) is 1. The van der Waals surface area contributed by atoms with Crippen LogP contribution in [0.3, 0.4) is 0 Å². The second-order valence-electron chi connectivity index (χ2n) is 9.40. The summed E-state index contributed by atoms with van der Waals surface area (Å²) in [4.78, 5) is 31.4. The molecule has 0 saturated heterocycles. The molecule has 1 unspecified atom stereocenters. The quantitative estimate of drug-likeness (QED) is 0.101. The fourth-order valence-electron chi connectivity index (χ4n) is 4.19. The number of thiophene rings is 1. The molecule has 2 heterocycles. The van der Waals surface area contributed by atoms with Crippen molar-refractivity contribution in [2.75, 3.05) is 5.32 Å². The van der Waals surface area contributed by atoms with E-state index in [1.807, 2.05) is 29.6 Å². The minimum atomic E-state index is -0.643. The lowest BCUT2D eigenvalue weighted by atomic mass is 9.99. The summed E-state index contributed by atoms with van der Waals surface area (Å²) in [5.74, 6) is -0.879. The third-order valence-corrected chi connectivity index (χ3v) is 8.59. The average Bonchev–Trinajstić information content (AvgIpc) is 3.54. The Morgan fingerprint density at radius 2 is 1.79 bits per heavy atom. The molecule has 1 atom stereocenters. The summed E-state index contributed by atoms with van der Waals surface area (Å²) in [5, 5.41) is 15.2. The van der Waals surface area contributed by atoms with Crippen LogP contribution in [0, 0.1) is 17.1 Å². The molecule has 3 aromatic carbocycles. The normalized spacial score (nSPS) is 11.7.